The minimum Gasteiger partial charge on any atom is -0.0871 e. The van der Waals surface area contributed by atoms with Crippen molar-refractivity contribution < 1.29 is 0 Å². The van der Waals surface area contributed by atoms with Crippen molar-refractivity contribution in [3.05, 3.63) is 41.0 Å². The zero-order valence-electron chi connectivity index (χ0n) is 10.1. The lowest BCUT2D eigenvalue weighted by molar-refractivity contribution is 1.13. The maximum Gasteiger partial charge on any atom is -0.0255 e. The number of allylic oxidation sites excluding steroid dienone is 1. The Labute approximate surface area is 88.7 Å². The van der Waals surface area contributed by atoms with Crippen LogP contribution in [0.2, 0.25) is 0 Å². The third-order valence-corrected chi connectivity index (χ3v) is 1.93. The number of hydrogen-bond donors (Lipinski definition) is 0. The van der Waals surface area contributed by atoms with Crippen molar-refractivity contribution >= 4 is 6.08 Å². The first-order valence-corrected chi connectivity index (χ1v) is 5.49. The summed E-state index contributed by atoms with van der Waals surface area (Å²) in [6.45, 7) is 10.4. The van der Waals surface area contributed by atoms with E-state index < -0.39 is 0 Å². The molecule has 0 amide bonds. The van der Waals surface area contributed by atoms with Crippen LogP contribution in [0.4, 0.5) is 0 Å². The first-order valence-electron chi connectivity index (χ1n) is 5.49. The summed E-state index contributed by atoms with van der Waals surface area (Å²) < 4.78 is 0. The Hall–Kier alpha value is -1.04. The predicted molar refractivity (Wildman–Crippen MR) is 66.6 cm³/mol. The van der Waals surface area contributed by atoms with Crippen LogP contribution < -0.4 is 0 Å². The Morgan fingerprint density at radius 3 is 2.29 bits per heavy atom. The van der Waals surface area contributed by atoms with Crippen molar-refractivity contribution in [3.63, 3.8) is 0 Å². The quantitative estimate of drug-likeness (QED) is 0.638. The summed E-state index contributed by atoms with van der Waals surface area (Å²) in [5, 5.41) is 0. The summed E-state index contributed by atoms with van der Waals surface area (Å²) in [6.07, 6.45) is 5.34. The predicted octanol–water partition coefficient (Wildman–Crippen LogP) is 4.62. The topological polar surface area (TPSA) is 0 Å². The van der Waals surface area contributed by atoms with Crippen LogP contribution in [0.3, 0.4) is 0 Å². The van der Waals surface area contributed by atoms with Crippen molar-refractivity contribution in [3.8, 4) is 0 Å². The Morgan fingerprint density at radius 1 is 1.14 bits per heavy atom. The first-order chi connectivity index (χ1) is 6.76. The van der Waals surface area contributed by atoms with Crippen molar-refractivity contribution in [1.82, 2.24) is 0 Å². The van der Waals surface area contributed by atoms with Crippen molar-refractivity contribution in [2.45, 2.75) is 41.0 Å². The Bertz CT molecular complexity index is 282. The maximum absolute atomic E-state index is 2.24. The van der Waals surface area contributed by atoms with Gasteiger partial charge in [-0.25, -0.2) is 0 Å². The van der Waals surface area contributed by atoms with Crippen LogP contribution in [-0.2, 0) is 6.42 Å². The first kappa shape index (κ1) is 13.0. The largest absolute Gasteiger partial charge is 0.0871 e. The molecule has 14 heavy (non-hydrogen) atoms. The van der Waals surface area contributed by atoms with Crippen LogP contribution in [0, 0.1) is 6.92 Å². The van der Waals surface area contributed by atoms with E-state index in [4.69, 9.17) is 0 Å². The lowest BCUT2D eigenvalue weighted by atomic mass is 10.0. The fourth-order valence-corrected chi connectivity index (χ4v) is 1.39. The molecule has 0 aromatic heterocycles. The maximum atomic E-state index is 2.24. The number of aryl methyl sites for hydroxylation is 2. The van der Waals surface area contributed by atoms with Gasteiger partial charge < -0.3 is 0 Å². The van der Waals surface area contributed by atoms with Crippen LogP contribution in [0.25, 0.3) is 6.08 Å². The molecule has 0 atom stereocenters. The molecule has 0 saturated heterocycles. The van der Waals surface area contributed by atoms with Gasteiger partial charge in [-0.3, -0.25) is 0 Å². The molecule has 0 heterocycles. The van der Waals surface area contributed by atoms with E-state index in [1.165, 1.54) is 16.7 Å². The summed E-state index contributed by atoms with van der Waals surface area (Å²) in [4.78, 5) is 0. The number of benzene rings is 1. The van der Waals surface area contributed by atoms with Gasteiger partial charge in [0.2, 0.25) is 0 Å². The van der Waals surface area contributed by atoms with Gasteiger partial charge in [0.25, 0.3) is 0 Å². The molecule has 1 aromatic rings. The third kappa shape index (κ3) is 4.27. The van der Waals surface area contributed by atoms with E-state index in [0.717, 1.165) is 6.42 Å². The number of hydrogen-bond acceptors (Lipinski definition) is 0. The minimum absolute atomic E-state index is 1.12. The van der Waals surface area contributed by atoms with Crippen molar-refractivity contribution in [2.75, 3.05) is 0 Å². The Kier molecular flexibility index (Phi) is 6.82. The lowest BCUT2D eigenvalue weighted by Gasteiger charge is -2.01. The van der Waals surface area contributed by atoms with Crippen molar-refractivity contribution in [1.29, 1.82) is 0 Å². The standard InChI is InChI=1S/C12H16.C2H6/c1-4-6-12-8-10(3)7-11(5-2)9-12;1-2/h4,6-9H,5H2,1-3H3;1-2H3/b6-4+;. The summed E-state index contributed by atoms with van der Waals surface area (Å²) in [6, 6.07) is 6.69. The molecule has 0 unspecified atom stereocenters. The molecule has 0 aliphatic carbocycles. The molecule has 0 heteroatoms. The van der Waals surface area contributed by atoms with Crippen LogP contribution in [0.5, 0.6) is 0 Å². The number of rotatable bonds is 2. The van der Waals surface area contributed by atoms with Gasteiger partial charge in [-0.2, -0.15) is 0 Å². The van der Waals surface area contributed by atoms with Gasteiger partial charge >= 0.3 is 0 Å². The highest BCUT2D eigenvalue weighted by molar-refractivity contribution is 5.51. The molecule has 0 bridgehead atoms. The smallest absolute Gasteiger partial charge is 0.0255 e. The highest BCUT2D eigenvalue weighted by Gasteiger charge is 1.93. The average Bonchev–Trinajstić information content (AvgIpc) is 2.20. The fraction of sp³-hybridized carbons (Fsp3) is 0.429. The van der Waals surface area contributed by atoms with E-state index >= 15 is 0 Å². The second-order valence-electron chi connectivity index (χ2n) is 3.11. The van der Waals surface area contributed by atoms with Crippen LogP contribution in [-0.4, -0.2) is 0 Å². The van der Waals surface area contributed by atoms with Gasteiger partial charge in [0.15, 0.2) is 0 Å². The zero-order chi connectivity index (χ0) is 11.0. The van der Waals surface area contributed by atoms with Gasteiger partial charge in [-0.05, 0) is 31.4 Å². The van der Waals surface area contributed by atoms with Gasteiger partial charge in [-0.15, -0.1) is 0 Å². The Morgan fingerprint density at radius 2 is 1.79 bits per heavy atom. The lowest BCUT2D eigenvalue weighted by Crippen LogP contribution is -1.84. The molecular weight excluding hydrogens is 168 g/mol. The average molecular weight is 190 g/mol. The van der Waals surface area contributed by atoms with E-state index in [9.17, 15) is 0 Å². The van der Waals surface area contributed by atoms with E-state index in [0.29, 0.717) is 0 Å². The normalized spacial score (nSPS) is 9.79. The molecule has 0 radical (unpaired) electrons. The van der Waals surface area contributed by atoms with E-state index in [1.54, 1.807) is 0 Å². The Balaban J connectivity index is 0.000000791. The molecule has 1 aromatic carbocycles. The second-order valence-corrected chi connectivity index (χ2v) is 3.11. The van der Waals surface area contributed by atoms with Gasteiger partial charge in [-0.1, -0.05) is 56.7 Å². The van der Waals surface area contributed by atoms with Crippen LogP contribution in [0.15, 0.2) is 24.3 Å². The molecule has 0 N–H and O–H groups in total. The fourth-order valence-electron chi connectivity index (χ4n) is 1.39. The molecular formula is C14H22. The minimum atomic E-state index is 1.12. The monoisotopic (exact) mass is 190 g/mol. The van der Waals surface area contributed by atoms with Gasteiger partial charge in [0.05, 0.1) is 0 Å². The van der Waals surface area contributed by atoms with Gasteiger partial charge in [0.1, 0.15) is 0 Å². The molecule has 0 spiro atoms. The molecule has 0 aliphatic heterocycles. The summed E-state index contributed by atoms with van der Waals surface area (Å²) in [5.74, 6) is 0. The zero-order valence-corrected chi connectivity index (χ0v) is 10.1. The van der Waals surface area contributed by atoms with Crippen LogP contribution >= 0.6 is 0 Å². The van der Waals surface area contributed by atoms with E-state index in [-0.39, 0.29) is 0 Å². The van der Waals surface area contributed by atoms with Crippen LogP contribution in [0.1, 0.15) is 44.4 Å². The SMILES string of the molecule is C/C=C/c1cc(C)cc(CC)c1.CC. The molecule has 0 saturated carbocycles. The summed E-state index contributed by atoms with van der Waals surface area (Å²) in [7, 11) is 0. The summed E-state index contributed by atoms with van der Waals surface area (Å²) in [5.41, 5.74) is 4.08. The second kappa shape index (κ2) is 7.37. The van der Waals surface area contributed by atoms with Crippen molar-refractivity contribution in [2.24, 2.45) is 0 Å². The molecule has 0 nitrogen and oxygen atoms in total. The third-order valence-electron chi connectivity index (χ3n) is 1.93. The molecule has 0 aliphatic rings. The van der Waals surface area contributed by atoms with Gasteiger partial charge in [0, 0.05) is 0 Å². The molecule has 78 valence electrons. The molecule has 1 rings (SSSR count). The highest BCUT2D eigenvalue weighted by Crippen LogP contribution is 2.11. The summed E-state index contributed by atoms with van der Waals surface area (Å²) >= 11 is 0. The van der Waals surface area contributed by atoms with E-state index in [2.05, 4.69) is 44.2 Å². The van der Waals surface area contributed by atoms with E-state index in [1.807, 2.05) is 20.8 Å². The molecule has 0 fully saturated rings. The highest BCUT2D eigenvalue weighted by atomic mass is 14.0.